The fourth-order valence-electron chi connectivity index (χ4n) is 0.757. The van der Waals surface area contributed by atoms with Crippen molar-refractivity contribution in [1.29, 1.82) is 0 Å². The van der Waals surface area contributed by atoms with Gasteiger partial charge in [-0.25, -0.2) is 0 Å². The monoisotopic (exact) mass is 113 g/mol. The maximum Gasteiger partial charge on any atom is 0.306 e. The molecular weight excluding hydrogens is 104 g/mol. The van der Waals surface area contributed by atoms with E-state index in [4.69, 9.17) is 4.74 Å². The minimum Gasteiger partial charge on any atom is -0.463 e. The van der Waals surface area contributed by atoms with Gasteiger partial charge >= 0.3 is 5.97 Å². The standard InChI is InChI=1S/C6H9O2/c1-5-3-2-4-6(7)8-5/h2,5H,3-4H2,1H3. The minimum atomic E-state index is -0.0937. The van der Waals surface area contributed by atoms with E-state index in [1.54, 1.807) is 0 Å². The molecular formula is C6H9O2. The van der Waals surface area contributed by atoms with Gasteiger partial charge < -0.3 is 4.74 Å². The van der Waals surface area contributed by atoms with E-state index in [1.165, 1.54) is 0 Å². The van der Waals surface area contributed by atoms with Gasteiger partial charge in [-0.05, 0) is 19.8 Å². The molecule has 1 atom stereocenters. The molecule has 45 valence electrons. The van der Waals surface area contributed by atoms with Gasteiger partial charge in [-0.2, -0.15) is 0 Å². The molecule has 0 spiro atoms. The summed E-state index contributed by atoms with van der Waals surface area (Å²) in [5.74, 6) is -0.0937. The second-order valence-electron chi connectivity index (χ2n) is 2.03. The predicted octanol–water partition coefficient (Wildman–Crippen LogP) is 0.916. The highest BCUT2D eigenvalue weighted by Gasteiger charge is 2.14. The lowest BCUT2D eigenvalue weighted by atomic mass is 10.1. The number of ether oxygens (including phenoxy) is 1. The fourth-order valence-corrected chi connectivity index (χ4v) is 0.757. The first-order valence-corrected chi connectivity index (χ1v) is 2.80. The summed E-state index contributed by atoms with van der Waals surface area (Å²) in [7, 11) is 0. The summed E-state index contributed by atoms with van der Waals surface area (Å²) in [6.45, 7) is 1.90. The van der Waals surface area contributed by atoms with Crippen LogP contribution in [-0.4, -0.2) is 12.1 Å². The van der Waals surface area contributed by atoms with Crippen LogP contribution in [0.2, 0.25) is 0 Å². The molecule has 1 aliphatic heterocycles. The minimum absolute atomic E-state index is 0.0937. The summed E-state index contributed by atoms with van der Waals surface area (Å²) in [5, 5.41) is 0. The van der Waals surface area contributed by atoms with Gasteiger partial charge in [0.05, 0.1) is 6.10 Å². The van der Waals surface area contributed by atoms with Gasteiger partial charge in [0.1, 0.15) is 0 Å². The predicted molar refractivity (Wildman–Crippen MR) is 29.1 cm³/mol. The SMILES string of the molecule is CC1C[CH]CC(=O)O1. The Morgan fingerprint density at radius 3 is 3.00 bits per heavy atom. The molecule has 0 N–H and O–H groups in total. The lowest BCUT2D eigenvalue weighted by Crippen LogP contribution is -2.20. The number of hydrogen-bond donors (Lipinski definition) is 0. The Morgan fingerprint density at radius 2 is 2.62 bits per heavy atom. The number of esters is 1. The smallest absolute Gasteiger partial charge is 0.306 e. The highest BCUT2D eigenvalue weighted by molar-refractivity contribution is 5.71. The van der Waals surface area contributed by atoms with E-state index < -0.39 is 0 Å². The van der Waals surface area contributed by atoms with Crippen LogP contribution in [0, 0.1) is 6.42 Å². The second-order valence-corrected chi connectivity index (χ2v) is 2.03. The summed E-state index contributed by atoms with van der Waals surface area (Å²) in [6.07, 6.45) is 3.46. The van der Waals surface area contributed by atoms with E-state index in [0.29, 0.717) is 6.42 Å². The van der Waals surface area contributed by atoms with Crippen molar-refractivity contribution in [2.45, 2.75) is 25.9 Å². The Bertz CT molecular complexity index is 98.7. The molecule has 0 bridgehead atoms. The highest BCUT2D eigenvalue weighted by Crippen LogP contribution is 2.11. The molecule has 2 heteroatoms. The van der Waals surface area contributed by atoms with Gasteiger partial charge in [-0.15, -0.1) is 0 Å². The summed E-state index contributed by atoms with van der Waals surface area (Å²) in [6, 6.07) is 0. The summed E-state index contributed by atoms with van der Waals surface area (Å²) in [5.41, 5.74) is 0. The molecule has 1 heterocycles. The highest BCUT2D eigenvalue weighted by atomic mass is 16.5. The summed E-state index contributed by atoms with van der Waals surface area (Å²) < 4.78 is 4.82. The molecule has 1 fully saturated rings. The Labute approximate surface area is 48.8 Å². The molecule has 8 heavy (non-hydrogen) atoms. The van der Waals surface area contributed by atoms with Gasteiger partial charge in [0.15, 0.2) is 0 Å². The number of cyclic esters (lactones) is 1. The second kappa shape index (κ2) is 2.16. The molecule has 0 aliphatic carbocycles. The van der Waals surface area contributed by atoms with Crippen LogP contribution in [0.1, 0.15) is 19.8 Å². The van der Waals surface area contributed by atoms with Crippen LogP contribution in [0.5, 0.6) is 0 Å². The first kappa shape index (κ1) is 5.60. The van der Waals surface area contributed by atoms with E-state index in [0.717, 1.165) is 6.42 Å². The maximum atomic E-state index is 10.4. The van der Waals surface area contributed by atoms with Crippen molar-refractivity contribution in [2.75, 3.05) is 0 Å². The van der Waals surface area contributed by atoms with E-state index in [9.17, 15) is 4.79 Å². The molecule has 0 amide bonds. The first-order valence-electron chi connectivity index (χ1n) is 2.80. The normalized spacial score (nSPS) is 29.6. The molecule has 1 unspecified atom stereocenters. The number of rotatable bonds is 0. The van der Waals surface area contributed by atoms with Gasteiger partial charge in [0.2, 0.25) is 0 Å². The first-order chi connectivity index (χ1) is 3.79. The van der Waals surface area contributed by atoms with Crippen molar-refractivity contribution in [3.05, 3.63) is 6.42 Å². The largest absolute Gasteiger partial charge is 0.463 e. The Hall–Kier alpha value is -0.530. The molecule has 1 radical (unpaired) electrons. The van der Waals surface area contributed by atoms with Crippen molar-refractivity contribution in [3.63, 3.8) is 0 Å². The van der Waals surface area contributed by atoms with Crippen LogP contribution in [-0.2, 0) is 9.53 Å². The van der Waals surface area contributed by atoms with E-state index in [2.05, 4.69) is 0 Å². The summed E-state index contributed by atoms with van der Waals surface area (Å²) in [4.78, 5) is 10.4. The average Bonchev–Trinajstić information content (AvgIpc) is 1.64. The van der Waals surface area contributed by atoms with Crippen LogP contribution in [0.25, 0.3) is 0 Å². The van der Waals surface area contributed by atoms with Gasteiger partial charge in [-0.3, -0.25) is 4.79 Å². The zero-order chi connectivity index (χ0) is 5.98. The van der Waals surface area contributed by atoms with E-state index >= 15 is 0 Å². The third-order valence-corrected chi connectivity index (χ3v) is 1.14. The molecule has 0 aromatic rings. The molecule has 0 aromatic carbocycles. The van der Waals surface area contributed by atoms with Crippen LogP contribution < -0.4 is 0 Å². The lowest BCUT2D eigenvalue weighted by molar-refractivity contribution is -0.150. The maximum absolute atomic E-state index is 10.4. The van der Waals surface area contributed by atoms with Crippen molar-refractivity contribution >= 4 is 5.97 Å². The molecule has 1 saturated heterocycles. The van der Waals surface area contributed by atoms with Crippen molar-refractivity contribution in [2.24, 2.45) is 0 Å². The fraction of sp³-hybridized carbons (Fsp3) is 0.667. The van der Waals surface area contributed by atoms with Crippen molar-refractivity contribution in [3.8, 4) is 0 Å². The van der Waals surface area contributed by atoms with E-state index in [1.807, 2.05) is 13.3 Å². The zero-order valence-electron chi connectivity index (χ0n) is 4.89. The molecule has 1 aliphatic rings. The third kappa shape index (κ3) is 1.22. The van der Waals surface area contributed by atoms with Crippen LogP contribution >= 0.6 is 0 Å². The number of carbonyl (C=O) groups excluding carboxylic acids is 1. The Morgan fingerprint density at radius 1 is 1.88 bits per heavy atom. The quantitative estimate of drug-likeness (QED) is 0.436. The van der Waals surface area contributed by atoms with Gasteiger partial charge in [-0.1, -0.05) is 0 Å². The van der Waals surface area contributed by atoms with Crippen LogP contribution in [0.3, 0.4) is 0 Å². The van der Waals surface area contributed by atoms with Crippen LogP contribution in [0.15, 0.2) is 0 Å². The molecule has 2 nitrogen and oxygen atoms in total. The third-order valence-electron chi connectivity index (χ3n) is 1.14. The van der Waals surface area contributed by atoms with Crippen LogP contribution in [0.4, 0.5) is 0 Å². The molecule has 1 rings (SSSR count). The average molecular weight is 113 g/mol. The lowest BCUT2D eigenvalue weighted by Gasteiger charge is -2.16. The Balaban J connectivity index is 2.34. The van der Waals surface area contributed by atoms with Crippen molar-refractivity contribution in [1.82, 2.24) is 0 Å². The Kier molecular flexibility index (Phi) is 1.51. The van der Waals surface area contributed by atoms with E-state index in [-0.39, 0.29) is 12.1 Å². The summed E-state index contributed by atoms with van der Waals surface area (Å²) >= 11 is 0. The molecule has 0 saturated carbocycles. The van der Waals surface area contributed by atoms with Gasteiger partial charge in [0, 0.05) is 6.42 Å². The molecule has 0 aromatic heterocycles. The number of hydrogen-bond acceptors (Lipinski definition) is 2. The zero-order valence-corrected chi connectivity index (χ0v) is 4.89. The number of carbonyl (C=O) groups is 1. The van der Waals surface area contributed by atoms with Gasteiger partial charge in [0.25, 0.3) is 0 Å². The topological polar surface area (TPSA) is 26.3 Å². The van der Waals surface area contributed by atoms with Crippen molar-refractivity contribution < 1.29 is 9.53 Å².